The smallest absolute Gasteiger partial charge is 0.352 e. The second-order valence-electron chi connectivity index (χ2n) is 8.74. The molecule has 1 aromatic rings. The van der Waals surface area contributed by atoms with E-state index in [-0.39, 0.29) is 11.9 Å². The van der Waals surface area contributed by atoms with Crippen molar-refractivity contribution in [3.63, 3.8) is 0 Å². The number of amides is 1. The van der Waals surface area contributed by atoms with Crippen LogP contribution in [0.2, 0.25) is 0 Å². The van der Waals surface area contributed by atoms with Gasteiger partial charge in [-0.25, -0.2) is 0 Å². The van der Waals surface area contributed by atoms with Gasteiger partial charge in [-0.2, -0.15) is 13.2 Å². The lowest BCUT2D eigenvalue weighted by molar-refractivity contribution is -0.137. The van der Waals surface area contributed by atoms with Crippen LogP contribution in [0.25, 0.3) is 0 Å². The zero-order chi connectivity index (χ0) is 20.5. The number of halogens is 3. The van der Waals surface area contributed by atoms with Crippen LogP contribution in [-0.2, 0) is 17.5 Å². The van der Waals surface area contributed by atoms with Crippen LogP contribution in [0, 0.1) is 17.8 Å². The molecule has 1 aliphatic carbocycles. The third-order valence-electron chi connectivity index (χ3n) is 5.98. The van der Waals surface area contributed by atoms with E-state index >= 15 is 0 Å². The third-order valence-corrected chi connectivity index (χ3v) is 5.98. The van der Waals surface area contributed by atoms with Gasteiger partial charge in [-0.1, -0.05) is 32.0 Å². The summed E-state index contributed by atoms with van der Waals surface area (Å²) in [6.07, 6.45) is -1.67. The predicted octanol–water partition coefficient (Wildman–Crippen LogP) is 3.41. The summed E-state index contributed by atoms with van der Waals surface area (Å²) in [6.45, 7) is 6.25. The number of benzene rings is 1. The molecule has 28 heavy (non-hydrogen) atoms. The maximum absolute atomic E-state index is 12.9. The zero-order valence-electron chi connectivity index (χ0n) is 16.5. The Labute approximate surface area is 164 Å². The predicted molar refractivity (Wildman–Crippen MR) is 102 cm³/mol. The molecular formula is C21H30F3N3O. The molecule has 0 spiro atoms. The van der Waals surface area contributed by atoms with Crippen molar-refractivity contribution in [1.29, 1.82) is 0 Å². The molecule has 2 aliphatic rings. The van der Waals surface area contributed by atoms with E-state index in [4.69, 9.17) is 5.73 Å². The van der Waals surface area contributed by atoms with Gasteiger partial charge in [0.1, 0.15) is 0 Å². The Kier molecular flexibility index (Phi) is 6.34. The Morgan fingerprint density at radius 2 is 2.04 bits per heavy atom. The normalized spacial score (nSPS) is 26.5. The van der Waals surface area contributed by atoms with E-state index in [2.05, 4.69) is 10.2 Å². The van der Waals surface area contributed by atoms with Crippen molar-refractivity contribution >= 4 is 5.91 Å². The van der Waals surface area contributed by atoms with Crippen LogP contribution in [0.1, 0.15) is 44.2 Å². The van der Waals surface area contributed by atoms with Crippen LogP contribution in [0.15, 0.2) is 24.3 Å². The van der Waals surface area contributed by atoms with E-state index < -0.39 is 17.8 Å². The van der Waals surface area contributed by atoms with E-state index in [1.54, 1.807) is 6.07 Å². The molecule has 1 heterocycles. The van der Waals surface area contributed by atoms with Gasteiger partial charge in [0.15, 0.2) is 0 Å². The lowest BCUT2D eigenvalue weighted by atomic mass is 9.97. The number of hydrogen-bond donors (Lipinski definition) is 2. The minimum absolute atomic E-state index is 0.0873. The number of hydrogen-bond acceptors (Lipinski definition) is 3. The van der Waals surface area contributed by atoms with Gasteiger partial charge in [-0.05, 0) is 48.6 Å². The standard InChI is InChI=1S/C21H30F3N3O/c1-13(2)8-18(25)20(28)26-19-7-6-15-11-27(12-17(15)19)10-14-4-3-5-16(9-14)21(22,23)24/h3-5,9,13,15,17-19H,6-8,10-12,25H2,1-2H3,(H,26,28)/t15-,17+,18-,19-/m1/s1. The first kappa shape index (κ1) is 21.1. The summed E-state index contributed by atoms with van der Waals surface area (Å²) < 4.78 is 38.8. The van der Waals surface area contributed by atoms with Gasteiger partial charge in [0, 0.05) is 25.7 Å². The molecule has 0 unspecified atom stereocenters. The zero-order valence-corrected chi connectivity index (χ0v) is 16.5. The van der Waals surface area contributed by atoms with Crippen LogP contribution in [0.4, 0.5) is 13.2 Å². The van der Waals surface area contributed by atoms with Crippen LogP contribution in [0.5, 0.6) is 0 Å². The van der Waals surface area contributed by atoms with Crippen molar-refractivity contribution in [3.8, 4) is 0 Å². The molecule has 1 amide bonds. The van der Waals surface area contributed by atoms with Gasteiger partial charge >= 0.3 is 6.18 Å². The second kappa shape index (κ2) is 8.41. The molecule has 156 valence electrons. The lowest BCUT2D eigenvalue weighted by Gasteiger charge is -2.24. The molecule has 4 atom stereocenters. The first-order chi connectivity index (χ1) is 13.1. The van der Waals surface area contributed by atoms with Crippen molar-refractivity contribution in [2.75, 3.05) is 13.1 Å². The van der Waals surface area contributed by atoms with Crippen LogP contribution in [-0.4, -0.2) is 36.0 Å². The van der Waals surface area contributed by atoms with Crippen LogP contribution < -0.4 is 11.1 Å². The molecule has 2 fully saturated rings. The first-order valence-electron chi connectivity index (χ1n) is 10.1. The molecule has 3 N–H and O–H groups in total. The van der Waals surface area contributed by atoms with Crippen molar-refractivity contribution in [3.05, 3.63) is 35.4 Å². The van der Waals surface area contributed by atoms with Crippen molar-refractivity contribution < 1.29 is 18.0 Å². The monoisotopic (exact) mass is 397 g/mol. The van der Waals surface area contributed by atoms with Gasteiger partial charge in [0.25, 0.3) is 0 Å². The summed E-state index contributed by atoms with van der Waals surface area (Å²) in [4.78, 5) is 14.6. The number of nitrogens with zero attached hydrogens (tertiary/aromatic N) is 1. The summed E-state index contributed by atoms with van der Waals surface area (Å²) >= 11 is 0. The third kappa shape index (κ3) is 5.06. The molecule has 4 nitrogen and oxygen atoms in total. The fourth-order valence-electron chi connectivity index (χ4n) is 4.67. The first-order valence-corrected chi connectivity index (χ1v) is 10.1. The molecule has 1 saturated heterocycles. The largest absolute Gasteiger partial charge is 0.416 e. The highest BCUT2D eigenvalue weighted by Gasteiger charge is 2.43. The summed E-state index contributed by atoms with van der Waals surface area (Å²) in [5.74, 6) is 1.11. The summed E-state index contributed by atoms with van der Waals surface area (Å²) in [7, 11) is 0. The molecule has 0 bridgehead atoms. The van der Waals surface area contributed by atoms with E-state index in [0.717, 1.165) is 32.0 Å². The lowest BCUT2D eigenvalue weighted by Crippen LogP contribution is -2.48. The molecular weight excluding hydrogens is 367 g/mol. The minimum Gasteiger partial charge on any atom is -0.352 e. The number of fused-ring (bicyclic) bond motifs is 1. The Morgan fingerprint density at radius 3 is 2.71 bits per heavy atom. The van der Waals surface area contributed by atoms with Gasteiger partial charge in [0.05, 0.1) is 11.6 Å². The molecule has 0 radical (unpaired) electrons. The average Bonchev–Trinajstić information content (AvgIpc) is 3.15. The van der Waals surface area contributed by atoms with Gasteiger partial charge in [-0.3, -0.25) is 9.69 Å². The number of likely N-dealkylation sites (tertiary alicyclic amines) is 1. The summed E-state index contributed by atoms with van der Waals surface area (Å²) in [5.41, 5.74) is 6.07. The average molecular weight is 397 g/mol. The number of rotatable bonds is 6. The van der Waals surface area contributed by atoms with Crippen molar-refractivity contribution in [1.82, 2.24) is 10.2 Å². The van der Waals surface area contributed by atoms with Gasteiger partial charge < -0.3 is 11.1 Å². The molecule has 1 aromatic carbocycles. The fraction of sp³-hybridized carbons (Fsp3) is 0.667. The second-order valence-corrected chi connectivity index (χ2v) is 8.74. The number of nitrogens with one attached hydrogen (secondary N) is 1. The van der Waals surface area contributed by atoms with E-state index in [0.29, 0.717) is 36.3 Å². The highest BCUT2D eigenvalue weighted by molar-refractivity contribution is 5.81. The Hall–Kier alpha value is -1.60. The van der Waals surface area contributed by atoms with E-state index in [1.807, 2.05) is 13.8 Å². The maximum atomic E-state index is 12.9. The molecule has 0 aromatic heterocycles. The maximum Gasteiger partial charge on any atom is 0.416 e. The quantitative estimate of drug-likeness (QED) is 0.774. The van der Waals surface area contributed by atoms with Crippen molar-refractivity contribution in [2.45, 2.75) is 57.9 Å². The van der Waals surface area contributed by atoms with Gasteiger partial charge in [0.2, 0.25) is 5.91 Å². The SMILES string of the molecule is CC(C)C[C@@H](N)C(=O)N[C@@H]1CC[C@@H]2CN(Cc3cccc(C(F)(F)F)c3)C[C@@H]21. The summed E-state index contributed by atoms with van der Waals surface area (Å²) in [5, 5.41) is 3.13. The van der Waals surface area contributed by atoms with Crippen LogP contribution >= 0.6 is 0 Å². The van der Waals surface area contributed by atoms with Gasteiger partial charge in [-0.15, -0.1) is 0 Å². The molecule has 1 aliphatic heterocycles. The highest BCUT2D eigenvalue weighted by atomic mass is 19.4. The number of carbonyl (C=O) groups is 1. The fourth-order valence-corrected chi connectivity index (χ4v) is 4.67. The number of alkyl halides is 3. The Bertz CT molecular complexity index is 692. The van der Waals surface area contributed by atoms with Crippen LogP contribution in [0.3, 0.4) is 0 Å². The number of carbonyl (C=O) groups excluding carboxylic acids is 1. The van der Waals surface area contributed by atoms with Crippen molar-refractivity contribution in [2.24, 2.45) is 23.5 Å². The molecule has 3 rings (SSSR count). The summed E-state index contributed by atoms with van der Waals surface area (Å²) in [6, 6.07) is 5.18. The highest BCUT2D eigenvalue weighted by Crippen LogP contribution is 2.39. The molecule has 1 saturated carbocycles. The Morgan fingerprint density at radius 1 is 1.29 bits per heavy atom. The Balaban J connectivity index is 1.57. The van der Waals surface area contributed by atoms with E-state index in [9.17, 15) is 18.0 Å². The molecule has 7 heteroatoms. The minimum atomic E-state index is -4.32. The number of nitrogens with two attached hydrogens (primary N) is 1. The van der Waals surface area contributed by atoms with E-state index in [1.165, 1.54) is 12.1 Å². The topological polar surface area (TPSA) is 58.4 Å².